The van der Waals surface area contributed by atoms with Crippen LogP contribution in [0.4, 0.5) is 11.5 Å². The lowest BCUT2D eigenvalue weighted by atomic mass is 9.98. The zero-order chi connectivity index (χ0) is 20.8. The van der Waals surface area contributed by atoms with Crippen LogP contribution >= 0.6 is 24.8 Å². The Morgan fingerprint density at radius 3 is 2.31 bits per heavy atom. The lowest BCUT2D eigenvalue weighted by molar-refractivity contribution is 0.238. The van der Waals surface area contributed by atoms with Crippen LogP contribution in [0.2, 0.25) is 0 Å². The molecule has 6 heteroatoms. The molecule has 0 radical (unpaired) electrons. The van der Waals surface area contributed by atoms with Gasteiger partial charge in [-0.15, -0.1) is 24.8 Å². The van der Waals surface area contributed by atoms with Crippen LogP contribution in [-0.4, -0.2) is 27.8 Å². The van der Waals surface area contributed by atoms with Crippen LogP contribution in [0.25, 0.3) is 0 Å². The van der Waals surface area contributed by atoms with Crippen molar-refractivity contribution in [3.63, 3.8) is 0 Å². The number of aryl methyl sites for hydroxylation is 4. The minimum Gasteiger partial charge on any atom is -0.324 e. The molecule has 0 bridgehead atoms. The monoisotopic (exact) mass is 472 g/mol. The summed E-state index contributed by atoms with van der Waals surface area (Å²) in [6, 6.07) is 13.5. The van der Waals surface area contributed by atoms with Crippen molar-refractivity contribution in [2.24, 2.45) is 7.05 Å². The van der Waals surface area contributed by atoms with E-state index in [9.17, 15) is 0 Å². The van der Waals surface area contributed by atoms with Gasteiger partial charge < -0.3 is 4.90 Å². The zero-order valence-electron chi connectivity index (χ0n) is 19.5. The Morgan fingerprint density at radius 1 is 0.906 bits per heavy atom. The van der Waals surface area contributed by atoms with E-state index in [1.54, 1.807) is 0 Å². The van der Waals surface area contributed by atoms with E-state index in [-0.39, 0.29) is 24.8 Å². The molecule has 0 saturated heterocycles. The molecule has 2 aromatic carbocycles. The van der Waals surface area contributed by atoms with Crippen molar-refractivity contribution in [3.8, 4) is 0 Å². The van der Waals surface area contributed by atoms with Crippen LogP contribution in [-0.2, 0) is 33.0 Å². The molecule has 0 spiro atoms. The van der Waals surface area contributed by atoms with Gasteiger partial charge in [0.2, 0.25) is 0 Å². The molecule has 0 amide bonds. The van der Waals surface area contributed by atoms with Gasteiger partial charge in [-0.05, 0) is 62.3 Å². The lowest BCUT2D eigenvalue weighted by Crippen LogP contribution is -2.31. The summed E-state index contributed by atoms with van der Waals surface area (Å²) in [4.78, 5) is 5.05. The van der Waals surface area contributed by atoms with Gasteiger partial charge in [0, 0.05) is 44.5 Å². The molecule has 172 valence electrons. The summed E-state index contributed by atoms with van der Waals surface area (Å²) in [7, 11) is 2.12. The molecule has 3 heterocycles. The summed E-state index contributed by atoms with van der Waals surface area (Å²) in [5.74, 6) is 1.17. The quantitative estimate of drug-likeness (QED) is 0.478. The molecule has 2 aliphatic heterocycles. The Morgan fingerprint density at radius 2 is 1.59 bits per heavy atom. The van der Waals surface area contributed by atoms with E-state index in [1.165, 1.54) is 57.0 Å². The third-order valence-corrected chi connectivity index (χ3v) is 6.81. The number of anilines is 2. The first-order valence-corrected chi connectivity index (χ1v) is 11.2. The molecule has 0 saturated carbocycles. The molecule has 0 unspecified atom stereocenters. The second-order valence-corrected chi connectivity index (χ2v) is 9.10. The highest BCUT2D eigenvalue weighted by atomic mass is 35.5. The van der Waals surface area contributed by atoms with E-state index in [2.05, 4.69) is 78.7 Å². The summed E-state index contributed by atoms with van der Waals surface area (Å²) in [6.45, 7) is 10.8. The van der Waals surface area contributed by atoms with E-state index in [0.29, 0.717) is 0 Å². The first kappa shape index (κ1) is 24.6. The highest BCUT2D eigenvalue weighted by Gasteiger charge is 2.29. The Balaban J connectivity index is 0.00000144. The maximum absolute atomic E-state index is 5.04. The van der Waals surface area contributed by atoms with Gasteiger partial charge >= 0.3 is 0 Å². The van der Waals surface area contributed by atoms with Gasteiger partial charge in [0.1, 0.15) is 0 Å². The molecule has 0 aliphatic carbocycles. The summed E-state index contributed by atoms with van der Waals surface area (Å²) < 4.78 is 2.14. The van der Waals surface area contributed by atoms with Crippen molar-refractivity contribution in [2.45, 2.75) is 53.1 Å². The number of fused-ring (bicyclic) bond motifs is 2. The number of hydrogen-bond donors (Lipinski definition) is 0. The second kappa shape index (κ2) is 9.86. The fraction of sp³-hybridized carbons (Fsp3) is 0.423. The molecule has 0 N–H and O–H groups in total. The molecule has 1 aromatic heterocycles. The minimum absolute atomic E-state index is 0. The second-order valence-electron chi connectivity index (χ2n) is 9.10. The van der Waals surface area contributed by atoms with Gasteiger partial charge in [0.15, 0.2) is 5.82 Å². The number of hydrogen-bond acceptors (Lipinski definition) is 3. The number of aromatic nitrogens is 2. The molecule has 5 rings (SSSR count). The maximum atomic E-state index is 5.04. The maximum Gasteiger partial charge on any atom is 0.158 e. The van der Waals surface area contributed by atoms with Gasteiger partial charge in [0.25, 0.3) is 0 Å². The number of rotatable bonds is 3. The van der Waals surface area contributed by atoms with Gasteiger partial charge in [-0.3, -0.25) is 9.58 Å². The van der Waals surface area contributed by atoms with E-state index in [4.69, 9.17) is 5.10 Å². The fourth-order valence-electron chi connectivity index (χ4n) is 5.49. The fourth-order valence-corrected chi connectivity index (χ4v) is 5.49. The number of halogens is 2. The molecule has 3 aromatic rings. The average molecular weight is 473 g/mol. The summed E-state index contributed by atoms with van der Waals surface area (Å²) in [5.41, 5.74) is 11.2. The van der Waals surface area contributed by atoms with E-state index < -0.39 is 0 Å². The smallest absolute Gasteiger partial charge is 0.158 e. The van der Waals surface area contributed by atoms with Gasteiger partial charge in [-0.25, -0.2) is 0 Å². The van der Waals surface area contributed by atoms with Gasteiger partial charge in [-0.2, -0.15) is 5.10 Å². The van der Waals surface area contributed by atoms with Crippen LogP contribution in [0.5, 0.6) is 0 Å². The van der Waals surface area contributed by atoms with Gasteiger partial charge in [0.05, 0.1) is 5.69 Å². The molecule has 0 fully saturated rings. The normalized spacial score (nSPS) is 15.4. The van der Waals surface area contributed by atoms with Gasteiger partial charge in [-0.1, -0.05) is 42.0 Å². The molecular weight excluding hydrogens is 439 g/mol. The highest BCUT2D eigenvalue weighted by Crippen LogP contribution is 2.38. The Labute approximate surface area is 204 Å². The molecule has 2 aliphatic rings. The summed E-state index contributed by atoms with van der Waals surface area (Å²) >= 11 is 0. The largest absolute Gasteiger partial charge is 0.324 e. The predicted octanol–water partition coefficient (Wildman–Crippen LogP) is 5.83. The Bertz CT molecular complexity index is 1080. The molecule has 32 heavy (non-hydrogen) atoms. The standard InChI is InChI=1S/C26H32N4.2ClH/c1-18-14-19(2)25(20(3)15-18)30-12-7-10-23-24(28(4)27-26(23)30)17-29-13-11-21-8-5-6-9-22(21)16-29;;/h5-6,8-9,14-15H,7,10-13,16-17H2,1-4H3;2*1H. The zero-order valence-corrected chi connectivity index (χ0v) is 21.2. The van der Waals surface area contributed by atoms with Crippen LogP contribution in [0, 0.1) is 20.8 Å². The van der Waals surface area contributed by atoms with Crippen molar-refractivity contribution in [2.75, 3.05) is 18.0 Å². The topological polar surface area (TPSA) is 24.3 Å². The summed E-state index contributed by atoms with van der Waals surface area (Å²) in [6.07, 6.45) is 3.45. The average Bonchev–Trinajstić information content (AvgIpc) is 3.03. The van der Waals surface area contributed by atoms with Crippen molar-refractivity contribution in [1.29, 1.82) is 0 Å². The van der Waals surface area contributed by atoms with Crippen LogP contribution in [0.15, 0.2) is 36.4 Å². The van der Waals surface area contributed by atoms with Crippen LogP contribution in [0.1, 0.15) is 45.5 Å². The van der Waals surface area contributed by atoms with Crippen LogP contribution in [0.3, 0.4) is 0 Å². The van der Waals surface area contributed by atoms with Crippen LogP contribution < -0.4 is 4.90 Å². The first-order chi connectivity index (χ1) is 14.5. The van der Waals surface area contributed by atoms with Crippen molar-refractivity contribution >= 4 is 36.3 Å². The number of benzene rings is 2. The lowest BCUT2D eigenvalue weighted by Gasteiger charge is -2.32. The Hall–Kier alpha value is -2.01. The first-order valence-electron chi connectivity index (χ1n) is 11.2. The number of nitrogens with zero attached hydrogens (tertiary/aromatic N) is 4. The van der Waals surface area contributed by atoms with E-state index in [0.717, 1.165) is 39.0 Å². The Kier molecular flexibility index (Phi) is 7.59. The third-order valence-electron chi connectivity index (χ3n) is 6.81. The van der Waals surface area contributed by atoms with Crippen molar-refractivity contribution in [3.05, 3.63) is 75.5 Å². The predicted molar refractivity (Wildman–Crippen MR) is 138 cm³/mol. The molecule has 4 nitrogen and oxygen atoms in total. The third kappa shape index (κ3) is 4.41. The minimum atomic E-state index is 0. The highest BCUT2D eigenvalue weighted by molar-refractivity contribution is 5.85. The van der Waals surface area contributed by atoms with E-state index >= 15 is 0 Å². The van der Waals surface area contributed by atoms with Crippen molar-refractivity contribution in [1.82, 2.24) is 14.7 Å². The SMILES string of the molecule is Cc1cc(C)c(N2CCCc3c2nn(C)c3CN2CCc3ccccc3C2)c(C)c1.Cl.Cl. The molecule has 0 atom stereocenters. The molecular formula is C26H34Cl2N4. The summed E-state index contributed by atoms with van der Waals surface area (Å²) in [5, 5.41) is 5.04. The van der Waals surface area contributed by atoms with E-state index in [1.807, 2.05) is 0 Å². The van der Waals surface area contributed by atoms with Crippen molar-refractivity contribution < 1.29 is 0 Å².